The Balaban J connectivity index is 1.64. The number of aryl methyl sites for hydroxylation is 1. The molecule has 0 spiro atoms. The third-order valence-corrected chi connectivity index (χ3v) is 5.08. The van der Waals surface area contributed by atoms with Crippen molar-refractivity contribution < 1.29 is 4.74 Å². The molecule has 1 aliphatic rings. The van der Waals surface area contributed by atoms with Gasteiger partial charge in [0.05, 0.1) is 6.10 Å². The minimum absolute atomic E-state index is 0.417. The summed E-state index contributed by atoms with van der Waals surface area (Å²) < 4.78 is 6.25. The Morgan fingerprint density at radius 3 is 2.36 bits per heavy atom. The van der Waals surface area contributed by atoms with Crippen molar-refractivity contribution in [1.29, 1.82) is 0 Å². The molecule has 1 saturated carbocycles. The predicted molar refractivity (Wildman–Crippen MR) is 94.6 cm³/mol. The molecule has 0 heterocycles. The first kappa shape index (κ1) is 15.4. The first-order valence-corrected chi connectivity index (χ1v) is 8.97. The van der Waals surface area contributed by atoms with Crippen molar-refractivity contribution >= 4 is 10.8 Å². The molecule has 0 saturated heterocycles. The van der Waals surface area contributed by atoms with Gasteiger partial charge in [-0.15, -0.1) is 0 Å². The van der Waals surface area contributed by atoms with Gasteiger partial charge in [0.25, 0.3) is 0 Å². The van der Waals surface area contributed by atoms with Gasteiger partial charge in [-0.05, 0) is 66.5 Å². The summed E-state index contributed by atoms with van der Waals surface area (Å²) in [5, 5.41) is 2.60. The highest BCUT2D eigenvalue weighted by Gasteiger charge is 2.21. The van der Waals surface area contributed by atoms with Crippen LogP contribution >= 0.6 is 0 Å². The molecular formula is C21H28O. The van der Waals surface area contributed by atoms with Gasteiger partial charge in [0, 0.05) is 0 Å². The van der Waals surface area contributed by atoms with Crippen LogP contribution in [-0.2, 0) is 6.42 Å². The summed E-state index contributed by atoms with van der Waals surface area (Å²) in [5.41, 5.74) is 1.40. The second-order valence-corrected chi connectivity index (χ2v) is 6.75. The van der Waals surface area contributed by atoms with E-state index < -0.39 is 0 Å². The van der Waals surface area contributed by atoms with Crippen LogP contribution in [0.4, 0.5) is 0 Å². The lowest BCUT2D eigenvalue weighted by molar-refractivity contribution is 0.128. The number of ether oxygens (including phenoxy) is 1. The predicted octanol–water partition coefficient (Wildman–Crippen LogP) is 6.14. The Bertz CT molecular complexity index is 608. The minimum Gasteiger partial charge on any atom is -0.490 e. The van der Waals surface area contributed by atoms with Crippen molar-refractivity contribution in [2.45, 2.75) is 64.9 Å². The lowest BCUT2D eigenvalue weighted by Crippen LogP contribution is -2.24. The summed E-state index contributed by atoms with van der Waals surface area (Å²) in [6, 6.07) is 13.3. The van der Waals surface area contributed by atoms with Crippen LogP contribution in [-0.4, -0.2) is 6.10 Å². The fourth-order valence-corrected chi connectivity index (χ4v) is 3.71. The second kappa shape index (κ2) is 7.17. The van der Waals surface area contributed by atoms with Gasteiger partial charge in [0.15, 0.2) is 0 Å². The van der Waals surface area contributed by atoms with E-state index in [1.54, 1.807) is 0 Å². The van der Waals surface area contributed by atoms with Crippen LogP contribution in [0.25, 0.3) is 10.8 Å². The zero-order valence-electron chi connectivity index (χ0n) is 14.0. The highest BCUT2D eigenvalue weighted by molar-refractivity contribution is 5.84. The quantitative estimate of drug-likeness (QED) is 0.644. The Morgan fingerprint density at radius 1 is 0.909 bits per heavy atom. The smallest absolute Gasteiger partial charge is 0.120 e. The zero-order chi connectivity index (χ0) is 15.4. The maximum Gasteiger partial charge on any atom is 0.120 e. The molecule has 0 aromatic heterocycles. The summed E-state index contributed by atoms with van der Waals surface area (Å²) in [5.74, 6) is 1.98. The highest BCUT2D eigenvalue weighted by atomic mass is 16.5. The summed E-state index contributed by atoms with van der Waals surface area (Å²) in [7, 11) is 0. The van der Waals surface area contributed by atoms with Crippen molar-refractivity contribution in [1.82, 2.24) is 0 Å². The number of hydrogen-bond acceptors (Lipinski definition) is 1. The molecule has 22 heavy (non-hydrogen) atoms. The summed E-state index contributed by atoms with van der Waals surface area (Å²) in [6.45, 7) is 4.50. The maximum atomic E-state index is 6.25. The van der Waals surface area contributed by atoms with Gasteiger partial charge >= 0.3 is 0 Å². The number of hydrogen-bond donors (Lipinski definition) is 0. The minimum atomic E-state index is 0.417. The van der Waals surface area contributed by atoms with E-state index in [4.69, 9.17) is 4.74 Å². The molecule has 3 rings (SSSR count). The summed E-state index contributed by atoms with van der Waals surface area (Å²) >= 11 is 0. The van der Waals surface area contributed by atoms with E-state index >= 15 is 0 Å². The standard InChI is InChI=1S/C21H28O/c1-3-5-17-7-11-20(12-8-17)22-21-13-10-18-14-16(4-2)6-9-19(18)15-21/h6,9-10,13-15,17,20H,3-5,7-8,11-12H2,1-2H3. The fraction of sp³-hybridized carbons (Fsp3) is 0.524. The van der Waals surface area contributed by atoms with E-state index in [0.29, 0.717) is 6.10 Å². The molecular weight excluding hydrogens is 268 g/mol. The fourth-order valence-electron chi connectivity index (χ4n) is 3.71. The average molecular weight is 296 g/mol. The molecule has 0 aliphatic heterocycles. The van der Waals surface area contributed by atoms with Gasteiger partial charge in [-0.1, -0.05) is 51.0 Å². The molecule has 0 N–H and O–H groups in total. The van der Waals surface area contributed by atoms with E-state index in [1.165, 1.54) is 54.9 Å². The first-order valence-electron chi connectivity index (χ1n) is 8.97. The van der Waals surface area contributed by atoms with Gasteiger partial charge in [-0.3, -0.25) is 0 Å². The van der Waals surface area contributed by atoms with Crippen molar-refractivity contribution in [3.8, 4) is 5.75 Å². The molecule has 2 aromatic carbocycles. The summed E-state index contributed by atoms with van der Waals surface area (Å²) in [6.07, 6.45) is 9.34. The third kappa shape index (κ3) is 3.63. The van der Waals surface area contributed by atoms with Crippen molar-refractivity contribution in [3.05, 3.63) is 42.0 Å². The topological polar surface area (TPSA) is 9.23 Å². The normalized spacial score (nSPS) is 21.9. The second-order valence-electron chi connectivity index (χ2n) is 6.75. The van der Waals surface area contributed by atoms with Crippen LogP contribution in [0.1, 0.15) is 57.9 Å². The molecule has 0 unspecified atom stereocenters. The highest BCUT2D eigenvalue weighted by Crippen LogP contribution is 2.31. The molecule has 1 fully saturated rings. The van der Waals surface area contributed by atoms with Gasteiger partial charge in [0.2, 0.25) is 0 Å². The molecule has 0 amide bonds. The van der Waals surface area contributed by atoms with E-state index in [2.05, 4.69) is 50.2 Å². The Hall–Kier alpha value is -1.50. The van der Waals surface area contributed by atoms with Crippen LogP contribution in [0.2, 0.25) is 0 Å². The Morgan fingerprint density at radius 2 is 1.64 bits per heavy atom. The van der Waals surface area contributed by atoms with Crippen molar-refractivity contribution in [3.63, 3.8) is 0 Å². The largest absolute Gasteiger partial charge is 0.490 e. The Labute approximate surface area is 134 Å². The van der Waals surface area contributed by atoms with Gasteiger partial charge in [-0.25, -0.2) is 0 Å². The third-order valence-electron chi connectivity index (χ3n) is 5.08. The number of rotatable bonds is 5. The van der Waals surface area contributed by atoms with Crippen LogP contribution < -0.4 is 4.74 Å². The van der Waals surface area contributed by atoms with Gasteiger partial charge < -0.3 is 4.74 Å². The van der Waals surface area contributed by atoms with Crippen LogP contribution in [0.3, 0.4) is 0 Å². The van der Waals surface area contributed by atoms with Crippen LogP contribution in [0, 0.1) is 5.92 Å². The van der Waals surface area contributed by atoms with Gasteiger partial charge in [0.1, 0.15) is 5.75 Å². The summed E-state index contributed by atoms with van der Waals surface area (Å²) in [4.78, 5) is 0. The molecule has 1 nitrogen and oxygen atoms in total. The molecule has 2 aromatic rings. The first-order chi connectivity index (χ1) is 10.8. The maximum absolute atomic E-state index is 6.25. The molecule has 0 atom stereocenters. The van der Waals surface area contributed by atoms with Crippen molar-refractivity contribution in [2.75, 3.05) is 0 Å². The molecule has 0 radical (unpaired) electrons. The molecule has 0 bridgehead atoms. The number of fused-ring (bicyclic) bond motifs is 1. The lowest BCUT2D eigenvalue weighted by atomic mass is 9.85. The molecule has 118 valence electrons. The Kier molecular flexibility index (Phi) is 5.02. The van der Waals surface area contributed by atoms with Crippen LogP contribution in [0.15, 0.2) is 36.4 Å². The van der Waals surface area contributed by atoms with E-state index in [9.17, 15) is 0 Å². The van der Waals surface area contributed by atoms with E-state index in [0.717, 1.165) is 18.1 Å². The monoisotopic (exact) mass is 296 g/mol. The zero-order valence-corrected chi connectivity index (χ0v) is 14.0. The van der Waals surface area contributed by atoms with Gasteiger partial charge in [-0.2, -0.15) is 0 Å². The van der Waals surface area contributed by atoms with E-state index in [-0.39, 0.29) is 0 Å². The molecule has 1 heteroatoms. The lowest BCUT2D eigenvalue weighted by Gasteiger charge is -2.28. The van der Waals surface area contributed by atoms with Crippen LogP contribution in [0.5, 0.6) is 5.75 Å². The van der Waals surface area contributed by atoms with E-state index in [1.807, 2.05) is 0 Å². The number of benzene rings is 2. The average Bonchev–Trinajstić information content (AvgIpc) is 2.56. The molecule has 1 aliphatic carbocycles. The van der Waals surface area contributed by atoms with Crippen molar-refractivity contribution in [2.24, 2.45) is 5.92 Å². The SMILES string of the molecule is CCCC1CCC(Oc2ccc3cc(CC)ccc3c2)CC1.